The van der Waals surface area contributed by atoms with Crippen molar-refractivity contribution >= 4 is 32.4 Å². The van der Waals surface area contributed by atoms with Crippen LogP contribution in [0, 0.1) is 3.57 Å². The summed E-state index contributed by atoms with van der Waals surface area (Å²) in [5, 5.41) is -0.514. The van der Waals surface area contributed by atoms with Gasteiger partial charge in [0, 0.05) is 19.8 Å². The zero-order valence-electron chi connectivity index (χ0n) is 10.4. The highest BCUT2D eigenvalue weighted by Gasteiger charge is 2.17. The predicted molar refractivity (Wildman–Crippen MR) is 77.6 cm³/mol. The summed E-state index contributed by atoms with van der Waals surface area (Å²) >= 11 is 1.82. The van der Waals surface area contributed by atoms with Gasteiger partial charge in [0.1, 0.15) is 0 Å². The van der Waals surface area contributed by atoms with Crippen LogP contribution in [0.3, 0.4) is 0 Å². The largest absolute Gasteiger partial charge is 0.330 e. The van der Waals surface area contributed by atoms with E-state index in [4.69, 9.17) is 0 Å². The van der Waals surface area contributed by atoms with Crippen LogP contribution in [0.25, 0.3) is 0 Å². The summed E-state index contributed by atoms with van der Waals surface area (Å²) in [5.74, 6) is -0.208. The molecule has 0 saturated carbocycles. The Morgan fingerprint density at radius 1 is 1.33 bits per heavy atom. The van der Waals surface area contributed by atoms with E-state index < -0.39 is 26.3 Å². The van der Waals surface area contributed by atoms with Gasteiger partial charge in [0.15, 0.2) is 9.84 Å². The van der Waals surface area contributed by atoms with Crippen LogP contribution in [0.4, 0.5) is 0 Å². The third-order valence-corrected chi connectivity index (χ3v) is 5.53. The molecule has 1 aromatic heterocycles. The van der Waals surface area contributed by atoms with Gasteiger partial charge in [-0.2, -0.15) is 0 Å². The van der Waals surface area contributed by atoms with Gasteiger partial charge < -0.3 is 4.57 Å². The minimum Gasteiger partial charge on any atom is -0.302 e. The number of sulfone groups is 1. The van der Waals surface area contributed by atoms with Crippen molar-refractivity contribution in [1.29, 1.82) is 0 Å². The monoisotopic (exact) mass is 386 g/mol. The Labute approximate surface area is 119 Å². The summed E-state index contributed by atoms with van der Waals surface area (Å²) in [4.78, 5) is 23.5. The highest BCUT2D eigenvalue weighted by atomic mass is 127. The highest BCUT2D eigenvalue weighted by Crippen LogP contribution is 2.01. The molecule has 0 aliphatic rings. The molecule has 1 rings (SSSR count). The van der Waals surface area contributed by atoms with Crippen molar-refractivity contribution in [3.63, 3.8) is 0 Å². The first-order valence-corrected chi connectivity index (χ1v) is 8.13. The lowest BCUT2D eigenvalue weighted by Gasteiger charge is -2.10. The van der Waals surface area contributed by atoms with Crippen LogP contribution < -0.4 is 11.2 Å². The molecule has 6 nitrogen and oxygen atoms in total. The van der Waals surface area contributed by atoms with Crippen LogP contribution in [-0.2, 0) is 23.4 Å². The van der Waals surface area contributed by atoms with Crippen molar-refractivity contribution in [3.05, 3.63) is 30.6 Å². The molecule has 0 fully saturated rings. The summed E-state index contributed by atoms with van der Waals surface area (Å²) in [7, 11) is -1.74. The minimum atomic E-state index is -3.27. The zero-order chi connectivity index (χ0) is 14.1. The number of aryl methyl sites for hydroxylation is 1. The quantitative estimate of drug-likeness (QED) is 0.682. The van der Waals surface area contributed by atoms with Crippen LogP contribution in [-0.4, -0.2) is 28.6 Å². The van der Waals surface area contributed by atoms with Crippen LogP contribution in [0.2, 0.25) is 0 Å². The van der Waals surface area contributed by atoms with Gasteiger partial charge in [0.25, 0.3) is 5.56 Å². The van der Waals surface area contributed by atoms with E-state index in [2.05, 4.69) is 0 Å². The van der Waals surface area contributed by atoms with Crippen molar-refractivity contribution in [2.24, 2.45) is 7.05 Å². The molecule has 0 spiro atoms. The Kier molecular flexibility index (Phi) is 4.76. The molecule has 102 valence electrons. The second-order valence-electron chi connectivity index (χ2n) is 4.24. The molecule has 0 amide bonds. The third-order valence-electron chi connectivity index (χ3n) is 2.61. The van der Waals surface area contributed by atoms with E-state index in [-0.39, 0.29) is 12.3 Å². The van der Waals surface area contributed by atoms with Crippen LogP contribution in [0.15, 0.2) is 15.8 Å². The normalized spacial score (nSPS) is 12.1. The molecule has 8 heteroatoms. The first kappa shape index (κ1) is 15.4. The SMILES string of the molecule is CC(C)S(=O)(=O)CCn1c(=O)c(I)cn(C)c1=O. The smallest absolute Gasteiger partial charge is 0.302 e. The van der Waals surface area contributed by atoms with Gasteiger partial charge in [-0.05, 0) is 36.4 Å². The molecule has 0 atom stereocenters. The lowest BCUT2D eigenvalue weighted by molar-refractivity contribution is 0.567. The molecule has 0 N–H and O–H groups in total. The summed E-state index contributed by atoms with van der Waals surface area (Å²) in [6.45, 7) is 3.04. The summed E-state index contributed by atoms with van der Waals surface area (Å²) in [6, 6.07) is 0. The number of halogens is 1. The van der Waals surface area contributed by atoms with E-state index in [1.165, 1.54) is 17.8 Å². The number of hydrogen-bond donors (Lipinski definition) is 0. The Hall–Kier alpha value is -0.640. The molecular formula is C10H15IN2O4S. The lowest BCUT2D eigenvalue weighted by Crippen LogP contribution is -2.41. The number of aromatic nitrogens is 2. The van der Waals surface area contributed by atoms with Gasteiger partial charge >= 0.3 is 5.69 Å². The summed E-state index contributed by atoms with van der Waals surface area (Å²) in [6.07, 6.45) is 1.43. The zero-order valence-corrected chi connectivity index (χ0v) is 13.4. The van der Waals surface area contributed by atoms with E-state index >= 15 is 0 Å². The molecule has 1 heterocycles. The van der Waals surface area contributed by atoms with Gasteiger partial charge in [-0.15, -0.1) is 0 Å². The summed E-state index contributed by atoms with van der Waals surface area (Å²) < 4.78 is 26.0. The molecule has 0 aliphatic carbocycles. The van der Waals surface area contributed by atoms with Gasteiger partial charge in [-0.25, -0.2) is 13.2 Å². The number of rotatable bonds is 4. The Morgan fingerprint density at radius 2 is 1.89 bits per heavy atom. The van der Waals surface area contributed by atoms with E-state index in [9.17, 15) is 18.0 Å². The standard InChI is InChI=1S/C10H15IN2O4S/c1-7(2)18(16,17)5-4-13-9(14)8(11)6-12(3)10(13)15/h6-7H,4-5H2,1-3H3. The summed E-state index contributed by atoms with van der Waals surface area (Å²) in [5.41, 5.74) is -0.947. The number of nitrogens with zero attached hydrogens (tertiary/aromatic N) is 2. The van der Waals surface area contributed by atoms with Crippen molar-refractivity contribution in [3.8, 4) is 0 Å². The number of hydrogen-bond acceptors (Lipinski definition) is 4. The molecule has 1 aromatic rings. The van der Waals surface area contributed by atoms with Crippen molar-refractivity contribution < 1.29 is 8.42 Å². The topological polar surface area (TPSA) is 78.1 Å². The van der Waals surface area contributed by atoms with Crippen LogP contribution >= 0.6 is 22.6 Å². The molecule has 18 heavy (non-hydrogen) atoms. The fraction of sp³-hybridized carbons (Fsp3) is 0.600. The average molecular weight is 386 g/mol. The molecule has 0 unspecified atom stereocenters. The van der Waals surface area contributed by atoms with Crippen molar-refractivity contribution in [2.45, 2.75) is 25.6 Å². The maximum Gasteiger partial charge on any atom is 0.330 e. The van der Waals surface area contributed by atoms with E-state index in [1.807, 2.05) is 22.6 Å². The van der Waals surface area contributed by atoms with Gasteiger partial charge in [-0.1, -0.05) is 0 Å². The maximum atomic E-state index is 11.8. The maximum absolute atomic E-state index is 11.8. The molecule has 0 radical (unpaired) electrons. The fourth-order valence-electron chi connectivity index (χ4n) is 1.34. The van der Waals surface area contributed by atoms with Gasteiger partial charge in [0.05, 0.1) is 14.6 Å². The van der Waals surface area contributed by atoms with Gasteiger partial charge in [0.2, 0.25) is 0 Å². The second-order valence-corrected chi connectivity index (χ2v) is 8.08. The Balaban J connectivity index is 3.15. The molecule has 0 aromatic carbocycles. The van der Waals surface area contributed by atoms with Crippen LogP contribution in [0.5, 0.6) is 0 Å². The van der Waals surface area contributed by atoms with Crippen molar-refractivity contribution in [1.82, 2.24) is 9.13 Å². The molecule has 0 bridgehead atoms. The van der Waals surface area contributed by atoms with Crippen molar-refractivity contribution in [2.75, 3.05) is 5.75 Å². The lowest BCUT2D eigenvalue weighted by atomic mass is 10.6. The first-order chi connectivity index (χ1) is 8.16. The van der Waals surface area contributed by atoms with E-state index in [1.54, 1.807) is 13.8 Å². The van der Waals surface area contributed by atoms with E-state index in [0.29, 0.717) is 3.57 Å². The predicted octanol–water partition coefficient (Wildman–Crippen LogP) is -0.0252. The van der Waals surface area contributed by atoms with Gasteiger partial charge in [-0.3, -0.25) is 9.36 Å². The molecular weight excluding hydrogens is 371 g/mol. The third kappa shape index (κ3) is 3.22. The molecule has 0 aliphatic heterocycles. The fourth-order valence-corrected chi connectivity index (χ4v) is 2.96. The van der Waals surface area contributed by atoms with E-state index in [0.717, 1.165) is 4.57 Å². The van der Waals surface area contributed by atoms with Crippen LogP contribution in [0.1, 0.15) is 13.8 Å². The first-order valence-electron chi connectivity index (χ1n) is 5.34. The second kappa shape index (κ2) is 5.55. The average Bonchev–Trinajstić information content (AvgIpc) is 2.26. The minimum absolute atomic E-state index is 0.108. The Bertz CT molecular complexity index is 623. The highest BCUT2D eigenvalue weighted by molar-refractivity contribution is 14.1. The Morgan fingerprint density at radius 3 is 2.39 bits per heavy atom. The molecule has 0 saturated heterocycles.